The second kappa shape index (κ2) is 8.16. The first kappa shape index (κ1) is 19.0. The van der Waals surface area contributed by atoms with E-state index >= 15 is 0 Å². The van der Waals surface area contributed by atoms with Gasteiger partial charge in [0.15, 0.2) is 16.4 Å². The standard InChI is InChI=1S/C19H23NO4S/c1-4-25(22,23)18-10-8-16(9-11-18)20-19(21)13-24-17-7-5-6-15(12-17)14(2)3/h5-12,14H,4,13H2,1-3H3,(H,20,21). The first-order chi connectivity index (χ1) is 11.8. The van der Waals surface area contributed by atoms with E-state index in [9.17, 15) is 13.2 Å². The van der Waals surface area contributed by atoms with Crippen LogP contribution in [-0.2, 0) is 14.6 Å². The molecule has 0 spiro atoms. The summed E-state index contributed by atoms with van der Waals surface area (Å²) >= 11 is 0. The fraction of sp³-hybridized carbons (Fsp3) is 0.316. The van der Waals surface area contributed by atoms with E-state index in [2.05, 4.69) is 19.2 Å². The Balaban J connectivity index is 1.93. The van der Waals surface area contributed by atoms with Gasteiger partial charge in [0.25, 0.3) is 5.91 Å². The predicted molar refractivity (Wildman–Crippen MR) is 98.8 cm³/mol. The van der Waals surface area contributed by atoms with Crippen molar-refractivity contribution in [2.45, 2.75) is 31.6 Å². The van der Waals surface area contributed by atoms with E-state index in [1.54, 1.807) is 19.1 Å². The minimum absolute atomic E-state index is 0.0436. The van der Waals surface area contributed by atoms with Gasteiger partial charge in [-0.15, -0.1) is 0 Å². The second-order valence-electron chi connectivity index (χ2n) is 5.99. The molecule has 0 atom stereocenters. The topological polar surface area (TPSA) is 72.5 Å². The molecule has 25 heavy (non-hydrogen) atoms. The number of sulfone groups is 1. The zero-order valence-electron chi connectivity index (χ0n) is 14.7. The van der Waals surface area contributed by atoms with E-state index in [1.807, 2.05) is 24.3 Å². The summed E-state index contributed by atoms with van der Waals surface area (Å²) in [6.07, 6.45) is 0. The minimum atomic E-state index is -3.24. The van der Waals surface area contributed by atoms with Crippen molar-refractivity contribution in [2.75, 3.05) is 17.7 Å². The molecule has 134 valence electrons. The quantitative estimate of drug-likeness (QED) is 0.817. The van der Waals surface area contributed by atoms with Crippen LogP contribution in [0.2, 0.25) is 0 Å². The van der Waals surface area contributed by atoms with Crippen molar-refractivity contribution >= 4 is 21.4 Å². The van der Waals surface area contributed by atoms with Gasteiger partial charge in [-0.1, -0.05) is 32.9 Å². The summed E-state index contributed by atoms with van der Waals surface area (Å²) < 4.78 is 29.0. The molecule has 5 nitrogen and oxygen atoms in total. The van der Waals surface area contributed by atoms with Crippen LogP contribution in [0.15, 0.2) is 53.4 Å². The summed E-state index contributed by atoms with van der Waals surface area (Å²) in [7, 11) is -3.24. The lowest BCUT2D eigenvalue weighted by Gasteiger charge is -2.10. The van der Waals surface area contributed by atoms with E-state index in [0.29, 0.717) is 17.4 Å². The molecule has 2 aromatic carbocycles. The molecule has 0 aliphatic heterocycles. The molecule has 2 rings (SSSR count). The Bertz CT molecular complexity index is 827. The summed E-state index contributed by atoms with van der Waals surface area (Å²) in [5.74, 6) is 0.768. The van der Waals surface area contributed by atoms with Gasteiger partial charge in [-0.2, -0.15) is 0 Å². The summed E-state index contributed by atoms with van der Waals surface area (Å²) in [5, 5.41) is 2.69. The van der Waals surface area contributed by atoms with Gasteiger partial charge in [0.2, 0.25) is 0 Å². The first-order valence-corrected chi connectivity index (χ1v) is 9.82. The van der Waals surface area contributed by atoms with Crippen LogP contribution in [0.1, 0.15) is 32.3 Å². The number of hydrogen-bond acceptors (Lipinski definition) is 4. The van der Waals surface area contributed by atoms with Gasteiger partial charge in [-0.05, 0) is 47.9 Å². The Hall–Kier alpha value is -2.34. The molecular formula is C19H23NO4S. The van der Waals surface area contributed by atoms with Crippen LogP contribution in [0, 0.1) is 0 Å². The second-order valence-corrected chi connectivity index (χ2v) is 8.27. The number of anilines is 1. The Labute approximate surface area is 148 Å². The summed E-state index contributed by atoms with van der Waals surface area (Å²) in [4.78, 5) is 12.2. The highest BCUT2D eigenvalue weighted by Crippen LogP contribution is 2.20. The van der Waals surface area contributed by atoms with E-state index < -0.39 is 9.84 Å². The molecule has 6 heteroatoms. The third-order valence-corrected chi connectivity index (χ3v) is 5.52. The molecule has 0 aliphatic carbocycles. The van der Waals surface area contributed by atoms with Crippen LogP contribution in [-0.4, -0.2) is 26.7 Å². The van der Waals surface area contributed by atoms with Crippen molar-refractivity contribution in [2.24, 2.45) is 0 Å². The Kier molecular flexibility index (Phi) is 6.20. The molecule has 2 aromatic rings. The average molecular weight is 361 g/mol. The van der Waals surface area contributed by atoms with E-state index in [-0.39, 0.29) is 23.2 Å². The maximum absolute atomic E-state index is 12.0. The number of rotatable bonds is 7. The third kappa shape index (κ3) is 5.32. The summed E-state index contributed by atoms with van der Waals surface area (Å²) in [5.41, 5.74) is 1.67. The van der Waals surface area contributed by atoms with Gasteiger partial charge in [0, 0.05) is 5.69 Å². The molecule has 1 N–H and O–H groups in total. The fourth-order valence-corrected chi connectivity index (χ4v) is 3.11. The summed E-state index contributed by atoms with van der Waals surface area (Å²) in [6, 6.07) is 13.8. The van der Waals surface area contributed by atoms with Crippen LogP contribution in [0.4, 0.5) is 5.69 Å². The number of hydrogen-bond donors (Lipinski definition) is 1. The van der Waals surface area contributed by atoms with Crippen molar-refractivity contribution in [1.82, 2.24) is 0 Å². The van der Waals surface area contributed by atoms with Crippen molar-refractivity contribution < 1.29 is 17.9 Å². The Morgan fingerprint density at radius 2 is 1.80 bits per heavy atom. The van der Waals surface area contributed by atoms with Crippen LogP contribution in [0.25, 0.3) is 0 Å². The molecule has 1 amide bonds. The van der Waals surface area contributed by atoms with Gasteiger partial charge < -0.3 is 10.1 Å². The SMILES string of the molecule is CCS(=O)(=O)c1ccc(NC(=O)COc2cccc(C(C)C)c2)cc1. The number of carbonyl (C=O) groups excluding carboxylic acids is 1. The van der Waals surface area contributed by atoms with E-state index in [0.717, 1.165) is 5.56 Å². The number of benzene rings is 2. The zero-order valence-corrected chi connectivity index (χ0v) is 15.5. The normalized spacial score (nSPS) is 11.4. The lowest BCUT2D eigenvalue weighted by atomic mass is 10.0. The number of amides is 1. The Morgan fingerprint density at radius 1 is 1.12 bits per heavy atom. The van der Waals surface area contributed by atoms with Crippen molar-refractivity contribution in [3.63, 3.8) is 0 Å². The van der Waals surface area contributed by atoms with Crippen LogP contribution < -0.4 is 10.1 Å². The van der Waals surface area contributed by atoms with Crippen LogP contribution in [0.5, 0.6) is 5.75 Å². The molecule has 0 aliphatic rings. The average Bonchev–Trinajstić information content (AvgIpc) is 2.60. The van der Waals surface area contributed by atoms with Crippen molar-refractivity contribution in [3.8, 4) is 5.75 Å². The molecule has 0 heterocycles. The number of nitrogens with one attached hydrogen (secondary N) is 1. The molecule has 0 bridgehead atoms. The van der Waals surface area contributed by atoms with Gasteiger partial charge in [-0.25, -0.2) is 8.42 Å². The third-order valence-electron chi connectivity index (χ3n) is 3.77. The summed E-state index contributed by atoms with van der Waals surface area (Å²) in [6.45, 7) is 5.66. The predicted octanol–water partition coefficient (Wildman–Crippen LogP) is 3.62. The van der Waals surface area contributed by atoms with E-state index in [4.69, 9.17) is 4.74 Å². The van der Waals surface area contributed by atoms with Gasteiger partial charge in [-0.3, -0.25) is 4.79 Å². The first-order valence-electron chi connectivity index (χ1n) is 8.17. The molecule has 0 saturated heterocycles. The van der Waals surface area contributed by atoms with Crippen LogP contribution in [0.3, 0.4) is 0 Å². The highest BCUT2D eigenvalue weighted by Gasteiger charge is 2.11. The molecule has 0 fully saturated rings. The maximum Gasteiger partial charge on any atom is 0.262 e. The van der Waals surface area contributed by atoms with Gasteiger partial charge >= 0.3 is 0 Å². The maximum atomic E-state index is 12.0. The zero-order chi connectivity index (χ0) is 18.4. The number of ether oxygens (including phenoxy) is 1. The van der Waals surface area contributed by atoms with Crippen molar-refractivity contribution in [1.29, 1.82) is 0 Å². The molecule has 0 saturated carbocycles. The molecule has 0 radical (unpaired) electrons. The molecule has 0 aromatic heterocycles. The largest absolute Gasteiger partial charge is 0.484 e. The Morgan fingerprint density at radius 3 is 2.40 bits per heavy atom. The van der Waals surface area contributed by atoms with E-state index in [1.165, 1.54) is 12.1 Å². The van der Waals surface area contributed by atoms with Crippen molar-refractivity contribution in [3.05, 3.63) is 54.1 Å². The van der Waals surface area contributed by atoms with Gasteiger partial charge in [0.05, 0.1) is 10.6 Å². The lowest BCUT2D eigenvalue weighted by Crippen LogP contribution is -2.20. The molecular weight excluding hydrogens is 338 g/mol. The fourth-order valence-electron chi connectivity index (χ4n) is 2.22. The highest BCUT2D eigenvalue weighted by molar-refractivity contribution is 7.91. The van der Waals surface area contributed by atoms with Gasteiger partial charge in [0.1, 0.15) is 5.75 Å². The van der Waals surface area contributed by atoms with Crippen LogP contribution >= 0.6 is 0 Å². The monoisotopic (exact) mass is 361 g/mol. The minimum Gasteiger partial charge on any atom is -0.484 e. The molecule has 0 unspecified atom stereocenters. The highest BCUT2D eigenvalue weighted by atomic mass is 32.2. The smallest absolute Gasteiger partial charge is 0.262 e. The number of carbonyl (C=O) groups is 1. The lowest BCUT2D eigenvalue weighted by molar-refractivity contribution is -0.118.